The van der Waals surface area contributed by atoms with Crippen molar-refractivity contribution in [2.24, 2.45) is 5.11 Å². The zero-order chi connectivity index (χ0) is 14.6. The Bertz CT molecular complexity index is 588. The molecule has 5 nitrogen and oxygen atoms in total. The van der Waals surface area contributed by atoms with Crippen molar-refractivity contribution in [1.29, 1.82) is 0 Å². The van der Waals surface area contributed by atoms with E-state index in [1.54, 1.807) is 0 Å². The molecule has 0 aliphatic heterocycles. The molecule has 0 fully saturated rings. The maximum Gasteiger partial charge on any atom is 0.417 e. The van der Waals surface area contributed by atoms with Crippen LogP contribution in [0.5, 0.6) is 0 Å². The van der Waals surface area contributed by atoms with Crippen LogP contribution in [0.1, 0.15) is 11.1 Å². The molecule has 0 radical (unpaired) electrons. The highest BCUT2D eigenvalue weighted by atomic mass is 35.5. The number of carbonyl (C=O) groups is 1. The zero-order valence-electron chi connectivity index (χ0n) is 9.02. The molecule has 0 amide bonds. The van der Waals surface area contributed by atoms with Gasteiger partial charge in [0.05, 0.1) is 10.6 Å². The lowest BCUT2D eigenvalue weighted by molar-refractivity contribution is -0.137. The molecule has 19 heavy (non-hydrogen) atoms. The fourth-order valence-electron chi connectivity index (χ4n) is 1.21. The van der Waals surface area contributed by atoms with Gasteiger partial charge in [0.25, 0.3) is 0 Å². The lowest BCUT2D eigenvalue weighted by Crippen LogP contribution is -2.06. The van der Waals surface area contributed by atoms with Gasteiger partial charge in [0.1, 0.15) is 5.70 Å². The van der Waals surface area contributed by atoms with Crippen LogP contribution in [0.25, 0.3) is 16.5 Å². The minimum atomic E-state index is -4.66. The summed E-state index contributed by atoms with van der Waals surface area (Å²) >= 11 is 5.55. The summed E-state index contributed by atoms with van der Waals surface area (Å²) in [5.41, 5.74) is 6.09. The summed E-state index contributed by atoms with van der Waals surface area (Å²) in [6.07, 6.45) is -3.90. The number of nitrogens with zero attached hydrogens (tertiary/aromatic N) is 3. The van der Waals surface area contributed by atoms with Crippen LogP contribution in [-0.2, 0) is 11.0 Å². The molecular formula is C10H5ClF3N3O2. The van der Waals surface area contributed by atoms with Crippen molar-refractivity contribution in [2.45, 2.75) is 6.18 Å². The fraction of sp³-hybridized carbons (Fsp3) is 0.100. The highest BCUT2D eigenvalue weighted by molar-refractivity contribution is 6.33. The number of alkyl halides is 3. The van der Waals surface area contributed by atoms with Crippen molar-refractivity contribution in [1.82, 2.24) is 0 Å². The molecule has 9 heteroatoms. The van der Waals surface area contributed by atoms with Crippen molar-refractivity contribution in [3.05, 3.63) is 50.5 Å². The van der Waals surface area contributed by atoms with Gasteiger partial charge in [-0.15, -0.1) is 0 Å². The molecule has 0 bridgehead atoms. The highest BCUT2D eigenvalue weighted by Crippen LogP contribution is 2.36. The topological polar surface area (TPSA) is 86.1 Å². The second-order valence-corrected chi connectivity index (χ2v) is 3.61. The van der Waals surface area contributed by atoms with Gasteiger partial charge in [-0.25, -0.2) is 4.79 Å². The summed E-state index contributed by atoms with van der Waals surface area (Å²) in [5, 5.41) is 10.9. The van der Waals surface area contributed by atoms with E-state index in [4.69, 9.17) is 22.2 Å². The third kappa shape index (κ3) is 3.64. The minimum absolute atomic E-state index is 0.207. The van der Waals surface area contributed by atoms with E-state index in [0.717, 1.165) is 18.2 Å². The van der Waals surface area contributed by atoms with Gasteiger partial charge in [-0.2, -0.15) is 13.2 Å². The van der Waals surface area contributed by atoms with Crippen molar-refractivity contribution in [3.8, 4) is 0 Å². The van der Waals surface area contributed by atoms with E-state index in [1.165, 1.54) is 6.07 Å². The number of hydrogen-bond donors (Lipinski definition) is 1. The Morgan fingerprint density at radius 1 is 1.47 bits per heavy atom. The van der Waals surface area contributed by atoms with Gasteiger partial charge in [0.15, 0.2) is 0 Å². The summed E-state index contributed by atoms with van der Waals surface area (Å²) in [4.78, 5) is 13.0. The number of hydrogen-bond acceptors (Lipinski definition) is 2. The summed E-state index contributed by atoms with van der Waals surface area (Å²) in [7, 11) is 0. The Labute approximate surface area is 109 Å². The lowest BCUT2D eigenvalue weighted by atomic mass is 10.1. The van der Waals surface area contributed by atoms with Crippen LogP contribution in [-0.4, -0.2) is 11.1 Å². The van der Waals surface area contributed by atoms with Gasteiger partial charge in [-0.05, 0) is 23.2 Å². The smallest absolute Gasteiger partial charge is 0.417 e. The Morgan fingerprint density at radius 3 is 2.58 bits per heavy atom. The SMILES string of the molecule is [N-]=[N+]=N/C(=C\c1cccc(C(F)(F)F)c1Cl)C(=O)O. The van der Waals surface area contributed by atoms with Crippen LogP contribution in [0.4, 0.5) is 13.2 Å². The molecule has 0 saturated carbocycles. The largest absolute Gasteiger partial charge is 0.478 e. The number of azide groups is 1. The molecule has 1 rings (SSSR count). The first-order chi connectivity index (χ1) is 8.77. The number of rotatable bonds is 3. The van der Waals surface area contributed by atoms with Gasteiger partial charge in [0, 0.05) is 4.91 Å². The average Bonchev–Trinajstić information content (AvgIpc) is 2.29. The van der Waals surface area contributed by atoms with E-state index < -0.39 is 28.4 Å². The Balaban J connectivity index is 3.41. The van der Waals surface area contributed by atoms with E-state index in [9.17, 15) is 18.0 Å². The molecule has 1 aromatic carbocycles. The molecule has 0 atom stereocenters. The first kappa shape index (κ1) is 14.9. The van der Waals surface area contributed by atoms with Crippen LogP contribution in [0.3, 0.4) is 0 Å². The lowest BCUT2D eigenvalue weighted by Gasteiger charge is -2.10. The van der Waals surface area contributed by atoms with Crippen LogP contribution in [0.15, 0.2) is 29.0 Å². The van der Waals surface area contributed by atoms with E-state index in [-0.39, 0.29) is 5.56 Å². The van der Waals surface area contributed by atoms with Crippen molar-refractivity contribution in [2.75, 3.05) is 0 Å². The molecule has 0 aliphatic carbocycles. The monoisotopic (exact) mass is 291 g/mol. The minimum Gasteiger partial charge on any atom is -0.478 e. The Kier molecular flexibility index (Phi) is 4.42. The fourth-order valence-corrected chi connectivity index (χ4v) is 1.50. The molecule has 1 aromatic rings. The van der Waals surface area contributed by atoms with Gasteiger partial charge in [0.2, 0.25) is 0 Å². The van der Waals surface area contributed by atoms with Crippen LogP contribution < -0.4 is 0 Å². The molecule has 0 saturated heterocycles. The highest BCUT2D eigenvalue weighted by Gasteiger charge is 2.33. The number of carboxylic acid groups (broad SMARTS) is 1. The summed E-state index contributed by atoms with van der Waals surface area (Å²) in [5.74, 6) is -1.58. The van der Waals surface area contributed by atoms with E-state index in [2.05, 4.69) is 10.0 Å². The van der Waals surface area contributed by atoms with E-state index in [0.29, 0.717) is 0 Å². The van der Waals surface area contributed by atoms with Gasteiger partial charge >= 0.3 is 12.1 Å². The van der Waals surface area contributed by atoms with Gasteiger partial charge in [-0.1, -0.05) is 28.8 Å². The molecule has 0 aliphatic rings. The zero-order valence-corrected chi connectivity index (χ0v) is 9.77. The Hall–Kier alpha value is -2.18. The molecule has 0 aromatic heterocycles. The van der Waals surface area contributed by atoms with Crippen molar-refractivity contribution >= 4 is 23.6 Å². The number of halogens is 4. The van der Waals surface area contributed by atoms with Crippen LogP contribution in [0.2, 0.25) is 5.02 Å². The maximum atomic E-state index is 12.6. The molecule has 1 N–H and O–H groups in total. The van der Waals surface area contributed by atoms with Crippen molar-refractivity contribution in [3.63, 3.8) is 0 Å². The quantitative estimate of drug-likeness (QED) is 0.393. The van der Waals surface area contributed by atoms with Gasteiger partial charge < -0.3 is 5.11 Å². The Morgan fingerprint density at radius 2 is 2.11 bits per heavy atom. The van der Waals surface area contributed by atoms with Gasteiger partial charge in [-0.3, -0.25) is 0 Å². The first-order valence-electron chi connectivity index (χ1n) is 4.63. The number of benzene rings is 1. The average molecular weight is 292 g/mol. The summed E-state index contributed by atoms with van der Waals surface area (Å²) in [6, 6.07) is 3.00. The van der Waals surface area contributed by atoms with E-state index >= 15 is 0 Å². The predicted octanol–water partition coefficient (Wildman–Crippen LogP) is 4.09. The third-order valence-electron chi connectivity index (χ3n) is 2.00. The number of aliphatic carboxylic acids is 1. The van der Waals surface area contributed by atoms with E-state index in [1.807, 2.05) is 0 Å². The van der Waals surface area contributed by atoms with Crippen LogP contribution in [0, 0.1) is 0 Å². The third-order valence-corrected chi connectivity index (χ3v) is 2.42. The molecule has 100 valence electrons. The molecule has 0 unspecified atom stereocenters. The van der Waals surface area contributed by atoms with Crippen molar-refractivity contribution < 1.29 is 23.1 Å². The molecule has 0 heterocycles. The second-order valence-electron chi connectivity index (χ2n) is 3.23. The first-order valence-corrected chi connectivity index (χ1v) is 5.01. The van der Waals surface area contributed by atoms with Crippen LogP contribution >= 0.6 is 11.6 Å². The normalized spacial score (nSPS) is 11.9. The summed E-state index contributed by atoms with van der Waals surface area (Å²) in [6.45, 7) is 0. The standard InChI is InChI=1S/C10H5ClF3N3O2/c11-8-5(4-7(9(18)19)16-17-15)2-1-3-6(8)10(12,13)14/h1-4H,(H,18,19)/b7-4-. The number of carboxylic acids is 1. The predicted molar refractivity (Wildman–Crippen MR) is 61.2 cm³/mol. The summed E-state index contributed by atoms with van der Waals surface area (Å²) < 4.78 is 37.7. The second kappa shape index (κ2) is 5.64. The molecule has 0 spiro atoms. The molecular weight excluding hydrogens is 287 g/mol. The maximum absolute atomic E-state index is 12.6.